The number of nitrogens with zero attached hydrogens (tertiary/aromatic N) is 2. The number of ketones is 1. The number of rotatable bonds is 23. The number of nitrogens with one attached hydrogen (secondary N) is 5. The molecule has 1 unspecified atom stereocenters. The quantitative estimate of drug-likeness (QED) is 0.0588. The van der Waals surface area contributed by atoms with Crippen LogP contribution in [0, 0.1) is 63.1 Å². The van der Waals surface area contributed by atoms with Crippen LogP contribution in [-0.2, 0) is 64.7 Å². The second kappa shape index (κ2) is 26.7. The number of nitrogens with two attached hydrogens (primary N) is 1. The van der Waals surface area contributed by atoms with Crippen LogP contribution >= 0.6 is 0 Å². The summed E-state index contributed by atoms with van der Waals surface area (Å²) in [4.78, 5) is 109. The maximum absolute atomic E-state index is 14.3. The van der Waals surface area contributed by atoms with E-state index >= 15 is 0 Å². The number of likely N-dealkylation sites (tertiary alicyclic amines) is 2. The molecule has 23 heteroatoms. The number of primary amides is 1. The van der Waals surface area contributed by atoms with Crippen molar-refractivity contribution in [1.29, 1.82) is 0 Å². The van der Waals surface area contributed by atoms with E-state index in [9.17, 15) is 55.2 Å². The van der Waals surface area contributed by atoms with Crippen molar-refractivity contribution in [2.45, 2.75) is 176 Å². The Bertz CT molecular complexity index is 3050. The summed E-state index contributed by atoms with van der Waals surface area (Å²) in [5, 5.41) is 13.9. The minimum Gasteiger partial charge on any atom is -0.467 e. The van der Waals surface area contributed by atoms with Gasteiger partial charge in [0.05, 0.1) is 36.2 Å². The van der Waals surface area contributed by atoms with Gasteiger partial charge in [-0.05, 0) is 74.7 Å². The Morgan fingerprint density at radius 2 is 0.988 bits per heavy atom. The highest BCUT2D eigenvalue weighted by Gasteiger charge is 2.71. The first-order valence-electron chi connectivity index (χ1n) is 30.2. The number of piperidine rings is 2. The molecule has 7 rings (SSSR count). The highest BCUT2D eigenvalue weighted by Crippen LogP contribution is 2.66. The van der Waals surface area contributed by atoms with E-state index in [0.29, 0.717) is 30.6 Å². The Hall–Kier alpha value is -6.10. The molecule has 11 atom stereocenters. The number of esters is 1. The minimum atomic E-state index is -3.58. The zero-order valence-corrected chi connectivity index (χ0v) is 54.7. The van der Waals surface area contributed by atoms with Gasteiger partial charge in [-0.3, -0.25) is 24.0 Å². The fourth-order valence-corrected chi connectivity index (χ4v) is 16.5. The highest BCUT2D eigenvalue weighted by molar-refractivity contribution is 7.90. The van der Waals surface area contributed by atoms with Gasteiger partial charge < -0.3 is 46.9 Å². The van der Waals surface area contributed by atoms with Crippen LogP contribution in [-0.4, -0.2) is 148 Å². The summed E-state index contributed by atoms with van der Waals surface area (Å²) >= 11 is 0. The number of hydrogen-bond donors (Lipinski definition) is 6. The highest BCUT2D eigenvalue weighted by atomic mass is 32.2. The van der Waals surface area contributed by atoms with Crippen LogP contribution in [0.15, 0.2) is 60.7 Å². The predicted octanol–water partition coefficient (Wildman–Crippen LogP) is 5.55. The van der Waals surface area contributed by atoms with Crippen molar-refractivity contribution in [1.82, 2.24) is 36.4 Å². The maximum Gasteiger partial charge on any atom is 0.328 e. The summed E-state index contributed by atoms with van der Waals surface area (Å²) in [6.45, 7) is 27.2. The standard InChI is InChI=1S/C35H53N5O7S.C28H43N3O6S/c1-20(2)25(19-48(46,47)18-22-12-9-8-10-13-22)38-33(45)39-29(34(3,4)5)32(44)40-17-23-26(35(23,6)7)27(40)31(43)37-24(28(41)30(36)42)16-21-14-11-15-21;1-17(2)20(16-38(35,36)15-18-12-10-9-11-13-18)29-26(34)30-23(27(3,4)5)24(32)31-14-19-21(28(19,6)7)22(31)25(33)37-8/h8-10,12-13,20-21,23-27,29H,11,14-19H2,1-7H3,(H2,36,42)(H,37,43)(H2,38,39,45);9-13,17,19-23H,14-16H2,1-8H3,(H2,29,30,34)/t23-,24?,25+,26-,27-,29+;19-,20+,21-,22-,23+/m00/s1. The van der Waals surface area contributed by atoms with Gasteiger partial charge in [0.15, 0.2) is 19.7 Å². The van der Waals surface area contributed by atoms with Gasteiger partial charge in [0.1, 0.15) is 24.2 Å². The van der Waals surface area contributed by atoms with Crippen LogP contribution in [0.5, 0.6) is 0 Å². The molecular formula is C63H96N8O13S2. The number of carbonyl (C=O) groups excluding carboxylic acids is 8. The first-order chi connectivity index (χ1) is 39.7. The molecule has 2 saturated heterocycles. The molecule has 2 heterocycles. The smallest absolute Gasteiger partial charge is 0.328 e. The molecule has 3 saturated carbocycles. The Balaban J connectivity index is 0.000000283. The molecule has 86 heavy (non-hydrogen) atoms. The van der Waals surface area contributed by atoms with E-state index in [1.54, 1.807) is 74.2 Å². The Morgan fingerprint density at radius 3 is 1.33 bits per heavy atom. The second-order valence-electron chi connectivity index (χ2n) is 28.7. The maximum atomic E-state index is 14.3. The predicted molar refractivity (Wildman–Crippen MR) is 328 cm³/mol. The number of amides is 8. The topological polar surface area (TPSA) is 307 Å². The van der Waals surface area contributed by atoms with E-state index in [1.807, 2.05) is 74.4 Å². The fourth-order valence-electron chi connectivity index (χ4n) is 12.9. The molecule has 2 aromatic carbocycles. The lowest BCUT2D eigenvalue weighted by molar-refractivity contribution is -0.154. The Labute approximate surface area is 509 Å². The summed E-state index contributed by atoms with van der Waals surface area (Å²) in [7, 11) is -5.78. The molecular weight excluding hydrogens is 1140 g/mol. The zero-order valence-electron chi connectivity index (χ0n) is 53.0. The number of benzene rings is 2. The number of Topliss-reactive ketones (excluding diaryl/α,β-unsaturated/α-hetero) is 1. The lowest BCUT2D eigenvalue weighted by atomic mass is 9.80. The summed E-state index contributed by atoms with van der Waals surface area (Å²) < 4.78 is 57.0. The van der Waals surface area contributed by atoms with Crippen LogP contribution < -0.4 is 32.3 Å². The van der Waals surface area contributed by atoms with Crippen molar-refractivity contribution in [3.05, 3.63) is 71.8 Å². The minimum absolute atomic E-state index is 0.0217. The van der Waals surface area contributed by atoms with Crippen molar-refractivity contribution in [2.75, 3.05) is 31.7 Å². The number of fused-ring (bicyclic) bond motifs is 2. The third-order valence-electron chi connectivity index (χ3n) is 18.7. The van der Waals surface area contributed by atoms with Gasteiger partial charge >= 0.3 is 18.0 Å². The van der Waals surface area contributed by atoms with E-state index in [1.165, 1.54) is 12.0 Å². The molecule has 0 bridgehead atoms. The first-order valence-corrected chi connectivity index (χ1v) is 33.8. The van der Waals surface area contributed by atoms with Crippen molar-refractivity contribution in [3.8, 4) is 0 Å². The molecule has 478 valence electrons. The molecule has 0 aromatic heterocycles. The molecule has 3 aliphatic carbocycles. The number of urea groups is 2. The molecule has 5 fully saturated rings. The molecule has 7 N–H and O–H groups in total. The number of ether oxygens (including phenoxy) is 1. The molecule has 0 spiro atoms. The van der Waals surface area contributed by atoms with Crippen LogP contribution in [0.2, 0.25) is 0 Å². The summed E-state index contributed by atoms with van der Waals surface area (Å²) in [6.07, 6.45) is 3.15. The van der Waals surface area contributed by atoms with E-state index in [4.69, 9.17) is 10.5 Å². The van der Waals surface area contributed by atoms with E-state index < -0.39 is 114 Å². The van der Waals surface area contributed by atoms with Gasteiger partial charge in [-0.15, -0.1) is 0 Å². The van der Waals surface area contributed by atoms with Crippen LogP contribution in [0.1, 0.15) is 134 Å². The molecule has 21 nitrogen and oxygen atoms in total. The van der Waals surface area contributed by atoms with Gasteiger partial charge in [0.25, 0.3) is 5.91 Å². The monoisotopic (exact) mass is 1240 g/mol. The lowest BCUT2D eigenvalue weighted by Gasteiger charge is -2.38. The van der Waals surface area contributed by atoms with Gasteiger partial charge in [-0.25, -0.2) is 31.2 Å². The zero-order chi connectivity index (χ0) is 64.4. The number of carbonyl (C=O) groups is 8. The van der Waals surface area contributed by atoms with Crippen molar-refractivity contribution < 1.29 is 59.9 Å². The first kappa shape index (κ1) is 69.0. The number of hydrogen-bond acceptors (Lipinski definition) is 13. The van der Waals surface area contributed by atoms with E-state index in [2.05, 4.69) is 40.4 Å². The van der Waals surface area contributed by atoms with Crippen molar-refractivity contribution >= 4 is 67.1 Å². The third kappa shape index (κ3) is 16.7. The van der Waals surface area contributed by atoms with Gasteiger partial charge in [0, 0.05) is 31.1 Å². The van der Waals surface area contributed by atoms with Crippen molar-refractivity contribution in [3.63, 3.8) is 0 Å². The average molecular weight is 1240 g/mol. The van der Waals surface area contributed by atoms with Crippen molar-refractivity contribution in [2.24, 2.45) is 68.8 Å². The van der Waals surface area contributed by atoms with Crippen LogP contribution in [0.3, 0.4) is 0 Å². The summed E-state index contributed by atoms with van der Waals surface area (Å²) in [5.41, 5.74) is 4.96. The molecule has 2 aromatic rings. The van der Waals surface area contributed by atoms with E-state index in [-0.39, 0.29) is 81.2 Å². The Kier molecular flexibility index (Phi) is 21.4. The second-order valence-corrected chi connectivity index (χ2v) is 33.0. The van der Waals surface area contributed by atoms with Gasteiger partial charge in [-0.2, -0.15) is 0 Å². The summed E-state index contributed by atoms with van der Waals surface area (Å²) in [5.74, 6) is -4.57. The SMILES string of the molecule is CC(C)[C@@H](CS(=O)(=O)Cc1ccccc1)NC(=O)N[C@H](C(=O)N1C[C@H]2[C@@H]([C@H]1C(=O)NC(CC1CCC1)C(=O)C(N)=O)C2(C)C)C(C)(C)C.COC(=O)[C@@H]1[C@@H]2[C@H](CN1C(=O)[C@@H](NC(=O)N[C@H](CS(=O)(=O)Cc1ccccc1)C(C)C)C(C)(C)C)C2(C)C. The molecule has 8 amide bonds. The fraction of sp³-hybridized carbons (Fsp3) is 0.683. The van der Waals surface area contributed by atoms with Crippen LogP contribution in [0.25, 0.3) is 0 Å². The van der Waals surface area contributed by atoms with E-state index in [0.717, 1.165) is 19.3 Å². The van der Waals surface area contributed by atoms with Gasteiger partial charge in [0.2, 0.25) is 23.5 Å². The molecule has 0 radical (unpaired) electrons. The number of sulfone groups is 2. The lowest BCUT2D eigenvalue weighted by Crippen LogP contribution is -2.62. The van der Waals surface area contributed by atoms with Gasteiger partial charge in [-0.1, -0.05) is 177 Å². The largest absolute Gasteiger partial charge is 0.467 e. The molecule has 2 aliphatic heterocycles. The van der Waals surface area contributed by atoms with Crippen LogP contribution in [0.4, 0.5) is 9.59 Å². The summed E-state index contributed by atoms with van der Waals surface area (Å²) in [6, 6.07) is 10.4. The Morgan fingerprint density at radius 1 is 0.605 bits per heavy atom. The number of methoxy groups -OCH3 is 1. The normalized spacial score (nSPS) is 23.7. The average Bonchev–Trinajstić information content (AvgIpc) is 1.54. The molecule has 5 aliphatic rings. The third-order valence-corrected chi connectivity index (χ3v) is 22.0.